The van der Waals surface area contributed by atoms with Gasteiger partial charge in [-0.2, -0.15) is 0 Å². The number of aromatic nitrogens is 2. The van der Waals surface area contributed by atoms with E-state index >= 15 is 0 Å². The van der Waals surface area contributed by atoms with Crippen molar-refractivity contribution in [3.8, 4) is 0 Å². The highest BCUT2D eigenvalue weighted by Gasteiger charge is 2.43. The van der Waals surface area contributed by atoms with Gasteiger partial charge in [0.1, 0.15) is 5.54 Å². The van der Waals surface area contributed by atoms with E-state index in [9.17, 15) is 4.79 Å². The van der Waals surface area contributed by atoms with Gasteiger partial charge in [0.25, 0.3) is 5.91 Å². The molecule has 3 rings (SSSR count). The van der Waals surface area contributed by atoms with Gasteiger partial charge in [0, 0.05) is 28.5 Å². The summed E-state index contributed by atoms with van der Waals surface area (Å²) in [6.07, 6.45) is 1.81. The van der Waals surface area contributed by atoms with E-state index in [0.29, 0.717) is 17.1 Å². The Bertz CT molecular complexity index is 741. The quantitative estimate of drug-likeness (QED) is 0.839. The van der Waals surface area contributed by atoms with Crippen molar-refractivity contribution in [2.75, 3.05) is 6.54 Å². The number of likely N-dealkylation sites (tertiary alicyclic amines) is 1. The second-order valence-corrected chi connectivity index (χ2v) is 6.76. The summed E-state index contributed by atoms with van der Waals surface area (Å²) in [6.45, 7) is 6.67. The van der Waals surface area contributed by atoms with E-state index in [2.05, 4.69) is 16.9 Å². The molecule has 1 atom stereocenters. The fraction of sp³-hybridized carbons (Fsp3) is 0.389. The summed E-state index contributed by atoms with van der Waals surface area (Å²) in [7, 11) is 0. The Kier molecular flexibility index (Phi) is 4.11. The Morgan fingerprint density at radius 2 is 1.91 bits per heavy atom. The lowest BCUT2D eigenvalue weighted by molar-refractivity contribution is 0.0603. The van der Waals surface area contributed by atoms with Crippen LogP contribution in [0.4, 0.5) is 0 Å². The molecule has 0 unspecified atom stereocenters. The van der Waals surface area contributed by atoms with Crippen LogP contribution in [-0.4, -0.2) is 27.3 Å². The lowest BCUT2D eigenvalue weighted by atomic mass is 9.96. The number of halogens is 1. The van der Waals surface area contributed by atoms with Crippen LogP contribution in [0.15, 0.2) is 30.3 Å². The van der Waals surface area contributed by atoms with Crippen molar-refractivity contribution < 1.29 is 4.79 Å². The minimum absolute atomic E-state index is 0.0183. The van der Waals surface area contributed by atoms with E-state index in [0.717, 1.165) is 30.1 Å². The highest BCUT2D eigenvalue weighted by molar-refractivity contribution is 6.30. The fourth-order valence-electron chi connectivity index (χ4n) is 3.27. The third-order valence-electron chi connectivity index (χ3n) is 4.42. The van der Waals surface area contributed by atoms with E-state index in [1.54, 1.807) is 24.3 Å². The molecule has 0 N–H and O–H groups in total. The van der Waals surface area contributed by atoms with Gasteiger partial charge >= 0.3 is 0 Å². The molecule has 0 aliphatic carbocycles. The Hall–Kier alpha value is -1.94. The highest BCUT2D eigenvalue weighted by atomic mass is 35.5. The third-order valence-corrected chi connectivity index (χ3v) is 4.66. The van der Waals surface area contributed by atoms with Gasteiger partial charge in [0.05, 0.1) is 0 Å². The van der Waals surface area contributed by atoms with Crippen molar-refractivity contribution in [1.82, 2.24) is 14.9 Å². The Labute approximate surface area is 141 Å². The van der Waals surface area contributed by atoms with Crippen LogP contribution in [0.25, 0.3) is 0 Å². The molecular weight excluding hydrogens is 310 g/mol. The minimum atomic E-state index is -0.476. The molecule has 1 fully saturated rings. The molecule has 5 heteroatoms. The van der Waals surface area contributed by atoms with Crippen molar-refractivity contribution in [3.63, 3.8) is 0 Å². The summed E-state index contributed by atoms with van der Waals surface area (Å²) in [5.41, 5.74) is 1.98. The van der Waals surface area contributed by atoms with Gasteiger partial charge in [0.2, 0.25) is 0 Å². The second kappa shape index (κ2) is 5.93. The van der Waals surface area contributed by atoms with Gasteiger partial charge < -0.3 is 4.90 Å². The number of aryl methyl sites for hydroxylation is 2. The Morgan fingerprint density at radius 3 is 2.57 bits per heavy atom. The molecule has 1 amide bonds. The normalized spacial score (nSPS) is 20.8. The smallest absolute Gasteiger partial charge is 0.254 e. The van der Waals surface area contributed by atoms with Crippen molar-refractivity contribution >= 4 is 17.5 Å². The maximum Gasteiger partial charge on any atom is 0.254 e. The SMILES string of the molecule is Cc1cc(C)nc([C@]2(C)CCCN2C(=O)c2cccc(Cl)c2)n1. The average Bonchev–Trinajstić information content (AvgIpc) is 2.89. The van der Waals surface area contributed by atoms with Crippen LogP contribution < -0.4 is 0 Å². The number of benzene rings is 1. The highest BCUT2D eigenvalue weighted by Crippen LogP contribution is 2.38. The molecule has 1 aliphatic heterocycles. The zero-order chi connectivity index (χ0) is 16.6. The first-order valence-corrected chi connectivity index (χ1v) is 8.18. The molecule has 2 heterocycles. The number of hydrogen-bond donors (Lipinski definition) is 0. The molecule has 1 saturated heterocycles. The number of carbonyl (C=O) groups is 1. The minimum Gasteiger partial charge on any atom is -0.326 e. The van der Waals surface area contributed by atoms with Crippen LogP contribution in [-0.2, 0) is 5.54 Å². The van der Waals surface area contributed by atoms with Crippen molar-refractivity contribution in [2.24, 2.45) is 0 Å². The van der Waals surface area contributed by atoms with Crippen LogP contribution >= 0.6 is 11.6 Å². The van der Waals surface area contributed by atoms with Crippen LogP contribution in [0.1, 0.15) is 47.3 Å². The third kappa shape index (κ3) is 2.95. The zero-order valence-electron chi connectivity index (χ0n) is 13.6. The number of rotatable bonds is 2. The van der Waals surface area contributed by atoms with Crippen LogP contribution in [0.2, 0.25) is 5.02 Å². The van der Waals surface area contributed by atoms with Gasteiger partial charge in [-0.1, -0.05) is 17.7 Å². The number of hydrogen-bond acceptors (Lipinski definition) is 3. The molecule has 120 valence electrons. The predicted octanol–water partition coefficient (Wildman–Crippen LogP) is 3.90. The lowest BCUT2D eigenvalue weighted by Gasteiger charge is -2.34. The monoisotopic (exact) mass is 329 g/mol. The first-order chi connectivity index (χ1) is 10.9. The molecule has 0 spiro atoms. The summed E-state index contributed by atoms with van der Waals surface area (Å²) in [6, 6.07) is 9.04. The van der Waals surface area contributed by atoms with Gasteiger partial charge in [-0.05, 0) is 57.9 Å². The molecule has 0 bridgehead atoms. The van der Waals surface area contributed by atoms with Crippen LogP contribution in [0.5, 0.6) is 0 Å². The van der Waals surface area contributed by atoms with E-state index < -0.39 is 5.54 Å². The van der Waals surface area contributed by atoms with Crippen LogP contribution in [0, 0.1) is 13.8 Å². The van der Waals surface area contributed by atoms with Crippen molar-refractivity contribution in [1.29, 1.82) is 0 Å². The van der Waals surface area contributed by atoms with E-state index in [1.165, 1.54) is 0 Å². The molecule has 0 saturated carbocycles. The number of amides is 1. The Balaban J connectivity index is 2.00. The zero-order valence-corrected chi connectivity index (χ0v) is 14.4. The summed E-state index contributed by atoms with van der Waals surface area (Å²) in [5, 5.41) is 0.569. The number of carbonyl (C=O) groups excluding carboxylic acids is 1. The second-order valence-electron chi connectivity index (χ2n) is 6.32. The molecule has 1 aromatic heterocycles. The summed E-state index contributed by atoms with van der Waals surface area (Å²) in [4.78, 5) is 24.1. The fourth-order valence-corrected chi connectivity index (χ4v) is 3.46. The van der Waals surface area contributed by atoms with E-state index in [-0.39, 0.29) is 5.91 Å². The summed E-state index contributed by atoms with van der Waals surface area (Å²) < 4.78 is 0. The standard InChI is InChI=1S/C18H20ClN3O/c1-12-10-13(2)21-17(20-12)18(3)8-5-9-22(18)16(23)14-6-4-7-15(19)11-14/h4,6-7,10-11H,5,8-9H2,1-3H3/t18-/m0/s1. The first kappa shape index (κ1) is 15.9. The molecule has 0 radical (unpaired) electrons. The van der Waals surface area contributed by atoms with Gasteiger partial charge in [-0.3, -0.25) is 4.79 Å². The molecule has 1 aliphatic rings. The van der Waals surface area contributed by atoms with E-state index in [1.807, 2.05) is 24.8 Å². The largest absolute Gasteiger partial charge is 0.326 e. The van der Waals surface area contributed by atoms with Crippen molar-refractivity contribution in [3.05, 3.63) is 58.1 Å². The topological polar surface area (TPSA) is 46.1 Å². The van der Waals surface area contributed by atoms with E-state index in [4.69, 9.17) is 11.6 Å². The molecule has 4 nitrogen and oxygen atoms in total. The summed E-state index contributed by atoms with van der Waals surface area (Å²) in [5.74, 6) is 0.707. The van der Waals surface area contributed by atoms with Crippen LogP contribution in [0.3, 0.4) is 0 Å². The van der Waals surface area contributed by atoms with Gasteiger partial charge in [-0.15, -0.1) is 0 Å². The molecule has 1 aromatic carbocycles. The predicted molar refractivity (Wildman–Crippen MR) is 90.6 cm³/mol. The average molecular weight is 330 g/mol. The lowest BCUT2D eigenvalue weighted by Crippen LogP contribution is -2.44. The molecule has 2 aromatic rings. The van der Waals surface area contributed by atoms with Gasteiger partial charge in [0.15, 0.2) is 5.82 Å². The molecule has 23 heavy (non-hydrogen) atoms. The first-order valence-electron chi connectivity index (χ1n) is 7.80. The van der Waals surface area contributed by atoms with Gasteiger partial charge in [-0.25, -0.2) is 9.97 Å². The maximum atomic E-state index is 13.0. The Morgan fingerprint density at radius 1 is 1.22 bits per heavy atom. The maximum absolute atomic E-state index is 13.0. The molecular formula is C18H20ClN3O. The summed E-state index contributed by atoms with van der Waals surface area (Å²) >= 11 is 6.03. The number of nitrogens with zero attached hydrogens (tertiary/aromatic N) is 3. The van der Waals surface area contributed by atoms with Crippen molar-refractivity contribution in [2.45, 2.75) is 39.2 Å².